The predicted molar refractivity (Wildman–Crippen MR) is 112 cm³/mol. The van der Waals surface area contributed by atoms with Gasteiger partial charge in [-0.2, -0.15) is 0 Å². The second-order valence-corrected chi connectivity index (χ2v) is 7.77. The second-order valence-electron chi connectivity index (χ2n) is 6.31. The number of carbonyl (C=O) groups excluding carboxylic acids is 2. The zero-order valence-electron chi connectivity index (χ0n) is 15.6. The van der Waals surface area contributed by atoms with E-state index in [-0.39, 0.29) is 23.5 Å². The molecule has 1 saturated carbocycles. The van der Waals surface area contributed by atoms with Crippen molar-refractivity contribution in [1.29, 1.82) is 0 Å². The quantitative estimate of drug-likeness (QED) is 0.617. The molecule has 0 radical (unpaired) electrons. The number of rotatable bonds is 8. The number of methoxy groups -OCH3 is 2. The number of halogens is 1. The zero-order chi connectivity index (χ0) is 20.1. The van der Waals surface area contributed by atoms with Gasteiger partial charge < -0.3 is 20.1 Å². The summed E-state index contributed by atoms with van der Waals surface area (Å²) in [7, 11) is 3.02. The molecule has 0 heterocycles. The fourth-order valence-electron chi connectivity index (χ4n) is 2.52. The molecule has 0 atom stereocenters. The first-order chi connectivity index (χ1) is 13.5. The summed E-state index contributed by atoms with van der Waals surface area (Å²) in [4.78, 5) is 25.0. The first kappa shape index (κ1) is 20.4. The molecule has 2 N–H and O–H groups in total. The van der Waals surface area contributed by atoms with Gasteiger partial charge in [0.25, 0.3) is 0 Å². The van der Waals surface area contributed by atoms with E-state index >= 15 is 0 Å². The number of thioether (sulfide) groups is 1. The number of ether oxygens (including phenoxy) is 2. The summed E-state index contributed by atoms with van der Waals surface area (Å²) in [6, 6.07) is 10.7. The van der Waals surface area contributed by atoms with Crippen LogP contribution in [0.4, 0.5) is 11.4 Å². The van der Waals surface area contributed by atoms with Crippen LogP contribution in [0, 0.1) is 5.92 Å². The molecule has 2 aromatic rings. The van der Waals surface area contributed by atoms with Crippen molar-refractivity contribution in [2.24, 2.45) is 5.92 Å². The summed E-state index contributed by atoms with van der Waals surface area (Å²) >= 11 is 7.52. The highest BCUT2D eigenvalue weighted by atomic mass is 35.5. The third-order valence-corrected chi connectivity index (χ3v) is 5.50. The lowest BCUT2D eigenvalue weighted by Gasteiger charge is -2.13. The lowest BCUT2D eigenvalue weighted by atomic mass is 10.2. The maximum Gasteiger partial charge on any atom is 0.234 e. The molecular formula is C20H21ClN2O4S. The second kappa shape index (κ2) is 9.21. The van der Waals surface area contributed by atoms with Gasteiger partial charge in [-0.1, -0.05) is 11.6 Å². The Hall–Kier alpha value is -2.38. The van der Waals surface area contributed by atoms with E-state index in [9.17, 15) is 9.59 Å². The van der Waals surface area contributed by atoms with Gasteiger partial charge in [0.05, 0.1) is 30.7 Å². The van der Waals surface area contributed by atoms with E-state index in [1.165, 1.54) is 26.0 Å². The minimum absolute atomic E-state index is 0.0758. The van der Waals surface area contributed by atoms with Crippen molar-refractivity contribution in [3.63, 3.8) is 0 Å². The molecule has 0 saturated heterocycles. The number of carbonyl (C=O) groups is 2. The van der Waals surface area contributed by atoms with Gasteiger partial charge in [-0.25, -0.2) is 0 Å². The van der Waals surface area contributed by atoms with Crippen LogP contribution >= 0.6 is 23.4 Å². The van der Waals surface area contributed by atoms with Crippen molar-refractivity contribution in [3.05, 3.63) is 41.4 Å². The average Bonchev–Trinajstić information content (AvgIpc) is 3.53. The minimum atomic E-state index is -0.185. The number of benzene rings is 2. The summed E-state index contributed by atoms with van der Waals surface area (Å²) in [6.07, 6.45) is 1.94. The van der Waals surface area contributed by atoms with Crippen LogP contribution in [-0.4, -0.2) is 31.8 Å². The van der Waals surface area contributed by atoms with E-state index < -0.39 is 0 Å². The normalized spacial score (nSPS) is 13.0. The Kier molecular flexibility index (Phi) is 6.70. The van der Waals surface area contributed by atoms with Crippen LogP contribution in [0.15, 0.2) is 41.3 Å². The molecule has 148 valence electrons. The molecule has 0 bridgehead atoms. The number of hydrogen-bond acceptors (Lipinski definition) is 5. The van der Waals surface area contributed by atoms with Crippen LogP contribution in [0.5, 0.6) is 11.5 Å². The molecule has 0 aliphatic heterocycles. The summed E-state index contributed by atoms with van der Waals surface area (Å²) < 4.78 is 10.4. The van der Waals surface area contributed by atoms with Crippen molar-refractivity contribution in [1.82, 2.24) is 0 Å². The van der Waals surface area contributed by atoms with Crippen LogP contribution in [0.1, 0.15) is 12.8 Å². The maximum absolute atomic E-state index is 12.3. The van der Waals surface area contributed by atoms with Crippen LogP contribution in [0.3, 0.4) is 0 Å². The molecule has 1 aliphatic rings. The van der Waals surface area contributed by atoms with Crippen LogP contribution in [0.25, 0.3) is 0 Å². The Morgan fingerprint density at radius 3 is 2.36 bits per heavy atom. The van der Waals surface area contributed by atoms with Gasteiger partial charge in [-0.3, -0.25) is 9.59 Å². The first-order valence-corrected chi connectivity index (χ1v) is 10.1. The summed E-state index contributed by atoms with van der Waals surface area (Å²) in [5.41, 5.74) is 1.25. The van der Waals surface area contributed by atoms with Crippen molar-refractivity contribution in [2.75, 3.05) is 30.6 Å². The molecule has 0 aromatic heterocycles. The van der Waals surface area contributed by atoms with Gasteiger partial charge in [-0.05, 0) is 43.2 Å². The van der Waals surface area contributed by atoms with Gasteiger partial charge in [0, 0.05) is 22.6 Å². The molecule has 2 aromatic carbocycles. The van der Waals surface area contributed by atoms with E-state index in [4.69, 9.17) is 21.1 Å². The van der Waals surface area contributed by atoms with E-state index in [1.807, 2.05) is 24.3 Å². The molecular weight excluding hydrogens is 400 g/mol. The summed E-state index contributed by atoms with van der Waals surface area (Å²) in [5, 5.41) is 6.08. The average molecular weight is 421 g/mol. The van der Waals surface area contributed by atoms with Gasteiger partial charge in [0.1, 0.15) is 11.5 Å². The Bertz CT molecular complexity index is 869. The summed E-state index contributed by atoms with van der Waals surface area (Å²) in [5.74, 6) is 1.22. The topological polar surface area (TPSA) is 76.7 Å². The highest BCUT2D eigenvalue weighted by Gasteiger charge is 2.29. The van der Waals surface area contributed by atoms with Crippen molar-refractivity contribution < 1.29 is 19.1 Å². The molecule has 0 unspecified atom stereocenters. The number of nitrogens with one attached hydrogen (secondary N) is 2. The third-order valence-electron chi connectivity index (χ3n) is 4.19. The van der Waals surface area contributed by atoms with E-state index in [1.54, 1.807) is 12.1 Å². The Labute approximate surface area is 172 Å². The molecule has 28 heavy (non-hydrogen) atoms. The Morgan fingerprint density at radius 2 is 1.75 bits per heavy atom. The number of anilines is 2. The highest BCUT2D eigenvalue weighted by Crippen LogP contribution is 2.36. The van der Waals surface area contributed by atoms with Crippen molar-refractivity contribution in [2.45, 2.75) is 17.7 Å². The number of amides is 2. The van der Waals surface area contributed by atoms with E-state index in [0.29, 0.717) is 22.2 Å². The number of hydrogen-bond donors (Lipinski definition) is 2. The monoisotopic (exact) mass is 420 g/mol. The first-order valence-electron chi connectivity index (χ1n) is 8.75. The lowest BCUT2D eigenvalue weighted by molar-refractivity contribution is -0.117. The van der Waals surface area contributed by atoms with Crippen molar-refractivity contribution in [3.8, 4) is 11.5 Å². The smallest absolute Gasteiger partial charge is 0.234 e. The zero-order valence-corrected chi connectivity index (χ0v) is 17.2. The molecule has 6 nitrogen and oxygen atoms in total. The van der Waals surface area contributed by atoms with Crippen LogP contribution in [-0.2, 0) is 9.59 Å². The molecule has 0 spiro atoms. The van der Waals surface area contributed by atoms with Crippen LogP contribution < -0.4 is 20.1 Å². The fourth-order valence-corrected chi connectivity index (χ4v) is 3.46. The minimum Gasteiger partial charge on any atom is -0.495 e. The standard InChI is InChI=1S/C20H21ClN2O4S/c1-26-17-10-18(27-2)16(9-15(17)21)23-19(24)11-28-14-7-5-13(6-8-14)22-20(25)12-3-4-12/h5-10,12H,3-4,11H2,1-2H3,(H,22,25)(H,23,24). The van der Waals surface area contributed by atoms with Gasteiger partial charge in [-0.15, -0.1) is 11.8 Å². The van der Waals surface area contributed by atoms with Gasteiger partial charge in [0.15, 0.2) is 0 Å². The predicted octanol–water partition coefficient (Wildman–Crippen LogP) is 4.44. The Balaban J connectivity index is 1.54. The lowest BCUT2D eigenvalue weighted by Crippen LogP contribution is -2.15. The van der Waals surface area contributed by atoms with Crippen LogP contribution in [0.2, 0.25) is 5.02 Å². The van der Waals surface area contributed by atoms with Crippen molar-refractivity contribution >= 4 is 46.6 Å². The van der Waals surface area contributed by atoms with E-state index in [2.05, 4.69) is 10.6 Å². The molecule has 2 amide bonds. The Morgan fingerprint density at radius 1 is 1.07 bits per heavy atom. The highest BCUT2D eigenvalue weighted by molar-refractivity contribution is 8.00. The van der Waals surface area contributed by atoms with Gasteiger partial charge in [0.2, 0.25) is 11.8 Å². The fraction of sp³-hybridized carbons (Fsp3) is 0.300. The maximum atomic E-state index is 12.3. The molecule has 1 fully saturated rings. The summed E-state index contributed by atoms with van der Waals surface area (Å²) in [6.45, 7) is 0. The molecule has 1 aliphatic carbocycles. The van der Waals surface area contributed by atoms with Gasteiger partial charge >= 0.3 is 0 Å². The SMILES string of the molecule is COc1cc(OC)c(NC(=O)CSc2ccc(NC(=O)C3CC3)cc2)cc1Cl. The third kappa shape index (κ3) is 5.33. The largest absolute Gasteiger partial charge is 0.495 e. The molecule has 3 rings (SSSR count). The van der Waals surface area contributed by atoms with E-state index in [0.717, 1.165) is 23.4 Å². The molecule has 8 heteroatoms.